The standard InChI is InChI=1S/C16H19Cl2N3O/c1-16(10-19,12-4-5-12)20-15(22)9-21(2)8-11-3-6-13(17)7-14(11)18/h3,6-7,12H,4-5,8-9H2,1-2H3,(H,20,22)/t16-/m1/s1. The second kappa shape index (κ2) is 6.87. The normalized spacial score (nSPS) is 16.9. The predicted molar refractivity (Wildman–Crippen MR) is 87.7 cm³/mol. The minimum Gasteiger partial charge on any atom is -0.337 e. The SMILES string of the molecule is CN(CC(=O)N[C@](C)(C#N)C1CC1)Cc1ccc(Cl)cc1Cl. The number of carbonyl (C=O) groups is 1. The zero-order chi connectivity index (χ0) is 16.3. The molecule has 0 saturated heterocycles. The van der Waals surface area contributed by atoms with E-state index in [0.29, 0.717) is 16.6 Å². The number of hydrogen-bond acceptors (Lipinski definition) is 3. The van der Waals surface area contributed by atoms with Crippen molar-refractivity contribution in [1.29, 1.82) is 5.26 Å². The van der Waals surface area contributed by atoms with Crippen molar-refractivity contribution in [2.45, 2.75) is 31.8 Å². The van der Waals surface area contributed by atoms with Crippen LogP contribution in [0.15, 0.2) is 18.2 Å². The molecule has 0 aliphatic heterocycles. The van der Waals surface area contributed by atoms with Gasteiger partial charge in [0.25, 0.3) is 0 Å². The van der Waals surface area contributed by atoms with Crippen LogP contribution in [0, 0.1) is 17.2 Å². The van der Waals surface area contributed by atoms with Gasteiger partial charge in [0.15, 0.2) is 0 Å². The molecule has 22 heavy (non-hydrogen) atoms. The molecule has 2 rings (SSSR count). The molecule has 0 bridgehead atoms. The number of nitriles is 1. The van der Waals surface area contributed by atoms with Gasteiger partial charge in [0.2, 0.25) is 5.91 Å². The van der Waals surface area contributed by atoms with Gasteiger partial charge in [-0.05, 0) is 50.4 Å². The molecule has 1 atom stereocenters. The molecule has 1 saturated carbocycles. The van der Waals surface area contributed by atoms with Gasteiger partial charge < -0.3 is 5.32 Å². The minimum absolute atomic E-state index is 0.150. The molecule has 1 amide bonds. The van der Waals surface area contributed by atoms with E-state index in [1.807, 2.05) is 18.0 Å². The molecule has 1 aliphatic carbocycles. The van der Waals surface area contributed by atoms with E-state index in [1.54, 1.807) is 19.1 Å². The number of likely N-dealkylation sites (N-methyl/N-ethyl adjacent to an activating group) is 1. The smallest absolute Gasteiger partial charge is 0.235 e. The van der Waals surface area contributed by atoms with Gasteiger partial charge in [0.05, 0.1) is 12.6 Å². The molecule has 1 aliphatic rings. The minimum atomic E-state index is -0.754. The van der Waals surface area contributed by atoms with Crippen LogP contribution in [0.4, 0.5) is 0 Å². The van der Waals surface area contributed by atoms with Crippen molar-refractivity contribution in [1.82, 2.24) is 10.2 Å². The number of rotatable bonds is 6. The van der Waals surface area contributed by atoms with Crippen LogP contribution in [0.3, 0.4) is 0 Å². The van der Waals surface area contributed by atoms with E-state index >= 15 is 0 Å². The zero-order valence-corrected chi connectivity index (χ0v) is 14.2. The third-order valence-corrected chi connectivity index (χ3v) is 4.48. The van der Waals surface area contributed by atoms with Crippen LogP contribution in [0.5, 0.6) is 0 Å². The summed E-state index contributed by atoms with van der Waals surface area (Å²) in [5.74, 6) is 0.126. The Kier molecular flexibility index (Phi) is 5.33. The van der Waals surface area contributed by atoms with E-state index in [9.17, 15) is 10.1 Å². The Morgan fingerprint density at radius 2 is 2.18 bits per heavy atom. The number of carbonyl (C=O) groups excluding carboxylic acids is 1. The van der Waals surface area contributed by atoms with Gasteiger partial charge in [0, 0.05) is 16.6 Å². The van der Waals surface area contributed by atoms with Crippen molar-refractivity contribution in [3.8, 4) is 6.07 Å². The maximum Gasteiger partial charge on any atom is 0.235 e. The molecule has 0 radical (unpaired) electrons. The lowest BCUT2D eigenvalue weighted by Crippen LogP contribution is -2.49. The number of amides is 1. The topological polar surface area (TPSA) is 56.1 Å². The summed E-state index contributed by atoms with van der Waals surface area (Å²) in [5.41, 5.74) is 0.155. The molecular weight excluding hydrogens is 321 g/mol. The first kappa shape index (κ1) is 17.1. The quantitative estimate of drug-likeness (QED) is 0.865. The highest BCUT2D eigenvalue weighted by Gasteiger charge is 2.43. The largest absolute Gasteiger partial charge is 0.337 e. The van der Waals surface area contributed by atoms with E-state index in [2.05, 4.69) is 11.4 Å². The summed E-state index contributed by atoms with van der Waals surface area (Å²) < 4.78 is 0. The Balaban J connectivity index is 1.90. The van der Waals surface area contributed by atoms with Gasteiger partial charge in [0.1, 0.15) is 5.54 Å². The summed E-state index contributed by atoms with van der Waals surface area (Å²) in [7, 11) is 1.84. The monoisotopic (exact) mass is 339 g/mol. The fourth-order valence-electron chi connectivity index (χ4n) is 2.45. The maximum atomic E-state index is 12.1. The molecule has 6 heteroatoms. The maximum absolute atomic E-state index is 12.1. The average molecular weight is 340 g/mol. The third kappa shape index (κ3) is 4.36. The van der Waals surface area contributed by atoms with Gasteiger partial charge in [-0.2, -0.15) is 5.26 Å². The summed E-state index contributed by atoms with van der Waals surface area (Å²) in [6.07, 6.45) is 2.00. The Labute approximate surface area is 141 Å². The lowest BCUT2D eigenvalue weighted by Gasteiger charge is -2.25. The highest BCUT2D eigenvalue weighted by Crippen LogP contribution is 2.39. The summed E-state index contributed by atoms with van der Waals surface area (Å²) in [4.78, 5) is 14.0. The first-order valence-electron chi connectivity index (χ1n) is 7.19. The third-order valence-electron chi connectivity index (χ3n) is 3.89. The van der Waals surface area contributed by atoms with Gasteiger partial charge in [-0.25, -0.2) is 0 Å². The average Bonchev–Trinajstić information content (AvgIpc) is 3.26. The number of nitrogens with one attached hydrogen (secondary N) is 1. The van der Waals surface area contributed by atoms with Gasteiger partial charge in [-0.1, -0.05) is 29.3 Å². The highest BCUT2D eigenvalue weighted by molar-refractivity contribution is 6.35. The number of nitrogens with zero attached hydrogens (tertiary/aromatic N) is 2. The van der Waals surface area contributed by atoms with Crippen molar-refractivity contribution >= 4 is 29.1 Å². The Hall–Kier alpha value is -1.28. The Morgan fingerprint density at radius 3 is 2.73 bits per heavy atom. The van der Waals surface area contributed by atoms with E-state index < -0.39 is 5.54 Å². The molecule has 0 spiro atoms. The first-order chi connectivity index (χ1) is 10.3. The molecule has 0 unspecified atom stereocenters. The van der Waals surface area contributed by atoms with Crippen LogP contribution in [0.2, 0.25) is 10.0 Å². The molecule has 1 aromatic rings. The summed E-state index contributed by atoms with van der Waals surface area (Å²) in [6, 6.07) is 7.53. The van der Waals surface area contributed by atoms with Gasteiger partial charge >= 0.3 is 0 Å². The Morgan fingerprint density at radius 1 is 1.50 bits per heavy atom. The van der Waals surface area contributed by atoms with E-state index in [4.69, 9.17) is 23.2 Å². The van der Waals surface area contributed by atoms with Crippen molar-refractivity contribution in [2.24, 2.45) is 5.92 Å². The molecule has 1 aromatic carbocycles. The summed E-state index contributed by atoms with van der Waals surface area (Å²) in [6.45, 7) is 2.54. The molecule has 1 N–H and O–H groups in total. The number of hydrogen-bond donors (Lipinski definition) is 1. The molecule has 0 aromatic heterocycles. The second-order valence-electron chi connectivity index (χ2n) is 6.04. The number of halogens is 2. The lowest BCUT2D eigenvalue weighted by atomic mass is 9.98. The van der Waals surface area contributed by atoms with Crippen LogP contribution in [0.1, 0.15) is 25.3 Å². The summed E-state index contributed by atoms with van der Waals surface area (Å²) in [5, 5.41) is 13.3. The van der Waals surface area contributed by atoms with Crippen molar-refractivity contribution in [2.75, 3.05) is 13.6 Å². The lowest BCUT2D eigenvalue weighted by molar-refractivity contribution is -0.123. The van der Waals surface area contributed by atoms with Crippen LogP contribution in [-0.4, -0.2) is 29.9 Å². The van der Waals surface area contributed by atoms with E-state index in [1.165, 1.54) is 0 Å². The Bertz CT molecular complexity index is 610. The fourth-order valence-corrected chi connectivity index (χ4v) is 2.92. The van der Waals surface area contributed by atoms with Crippen LogP contribution in [-0.2, 0) is 11.3 Å². The fraction of sp³-hybridized carbons (Fsp3) is 0.500. The summed E-state index contributed by atoms with van der Waals surface area (Å²) >= 11 is 12.0. The molecule has 1 fully saturated rings. The number of benzene rings is 1. The molecule has 118 valence electrons. The second-order valence-corrected chi connectivity index (χ2v) is 6.89. The van der Waals surface area contributed by atoms with Gasteiger partial charge in [-0.15, -0.1) is 0 Å². The highest BCUT2D eigenvalue weighted by atomic mass is 35.5. The zero-order valence-electron chi connectivity index (χ0n) is 12.7. The van der Waals surface area contributed by atoms with Crippen molar-refractivity contribution in [3.05, 3.63) is 33.8 Å². The van der Waals surface area contributed by atoms with Crippen LogP contribution in [0.25, 0.3) is 0 Å². The van der Waals surface area contributed by atoms with Gasteiger partial charge in [-0.3, -0.25) is 9.69 Å². The first-order valence-corrected chi connectivity index (χ1v) is 7.94. The molecular formula is C16H19Cl2N3O. The van der Waals surface area contributed by atoms with Crippen LogP contribution >= 0.6 is 23.2 Å². The molecule has 4 nitrogen and oxygen atoms in total. The van der Waals surface area contributed by atoms with Crippen LogP contribution < -0.4 is 5.32 Å². The van der Waals surface area contributed by atoms with Crippen molar-refractivity contribution in [3.63, 3.8) is 0 Å². The molecule has 0 heterocycles. The van der Waals surface area contributed by atoms with E-state index in [0.717, 1.165) is 18.4 Å². The predicted octanol–water partition coefficient (Wildman–Crippen LogP) is 3.23. The van der Waals surface area contributed by atoms with Crippen molar-refractivity contribution < 1.29 is 4.79 Å². The van der Waals surface area contributed by atoms with E-state index in [-0.39, 0.29) is 18.4 Å².